The van der Waals surface area contributed by atoms with E-state index in [0.29, 0.717) is 38.2 Å². The highest BCUT2D eigenvalue weighted by atomic mass is 35.5. The molecule has 0 unspecified atom stereocenters. The molecule has 2 aromatic carbocycles. The number of amides is 1. The lowest BCUT2D eigenvalue weighted by Gasteiger charge is -2.04. The van der Waals surface area contributed by atoms with Gasteiger partial charge in [0.25, 0.3) is 5.91 Å². The average Bonchev–Trinajstić information content (AvgIpc) is 3.05. The van der Waals surface area contributed by atoms with Gasteiger partial charge in [-0.3, -0.25) is 9.78 Å². The summed E-state index contributed by atoms with van der Waals surface area (Å²) in [5.74, 6) is 0.320. The van der Waals surface area contributed by atoms with Crippen molar-refractivity contribution in [3.8, 4) is 11.4 Å². The second kappa shape index (κ2) is 6.78. The summed E-state index contributed by atoms with van der Waals surface area (Å²) in [6, 6.07) is 14.1. The zero-order chi connectivity index (χ0) is 18.1. The first-order valence-electron chi connectivity index (χ1n) is 7.77. The van der Waals surface area contributed by atoms with Gasteiger partial charge in [0.05, 0.1) is 38.5 Å². The zero-order valence-corrected chi connectivity index (χ0v) is 14.8. The highest BCUT2D eigenvalue weighted by Gasteiger charge is 2.14. The molecule has 0 spiro atoms. The summed E-state index contributed by atoms with van der Waals surface area (Å²) in [4.78, 5) is 24.1. The number of aromatic amines is 1. The van der Waals surface area contributed by atoms with E-state index in [0.717, 1.165) is 5.52 Å². The van der Waals surface area contributed by atoms with Crippen LogP contribution in [0.4, 0.5) is 5.69 Å². The van der Waals surface area contributed by atoms with Crippen molar-refractivity contribution in [3.05, 3.63) is 76.5 Å². The fourth-order valence-corrected chi connectivity index (χ4v) is 3.21. The first-order chi connectivity index (χ1) is 12.6. The van der Waals surface area contributed by atoms with Crippen LogP contribution < -0.4 is 5.32 Å². The highest BCUT2D eigenvalue weighted by Crippen LogP contribution is 2.33. The lowest BCUT2D eigenvalue weighted by atomic mass is 10.2. The largest absolute Gasteiger partial charge is 0.338 e. The van der Waals surface area contributed by atoms with Gasteiger partial charge in [0.2, 0.25) is 0 Å². The van der Waals surface area contributed by atoms with Gasteiger partial charge in [-0.15, -0.1) is 0 Å². The van der Waals surface area contributed by atoms with Gasteiger partial charge in [0, 0.05) is 11.8 Å². The van der Waals surface area contributed by atoms with E-state index in [9.17, 15) is 4.79 Å². The molecule has 0 saturated heterocycles. The predicted octanol–water partition coefficient (Wildman–Crippen LogP) is 5.18. The van der Waals surface area contributed by atoms with Crippen LogP contribution in [0.2, 0.25) is 10.0 Å². The molecule has 26 heavy (non-hydrogen) atoms. The molecule has 0 aliphatic carbocycles. The number of hydrogen-bond donors (Lipinski definition) is 2. The first kappa shape index (κ1) is 16.6. The standard InChI is InChI=1S/C19H12Cl2N4O/c20-13-4-1-5-14(21)17(13)18-24-15-7-6-11(9-16(15)25-18)19(26)23-12-3-2-8-22-10-12/h1-10H,(H,23,26)(H,24,25). The molecule has 0 bridgehead atoms. The number of carbonyl (C=O) groups is 1. The predicted molar refractivity (Wildman–Crippen MR) is 104 cm³/mol. The summed E-state index contributed by atoms with van der Waals surface area (Å²) >= 11 is 12.5. The molecule has 0 aliphatic heterocycles. The molecule has 2 aromatic heterocycles. The first-order valence-corrected chi connectivity index (χ1v) is 8.53. The van der Waals surface area contributed by atoms with E-state index in [1.54, 1.807) is 60.9 Å². The van der Waals surface area contributed by atoms with Crippen LogP contribution in [0.15, 0.2) is 60.9 Å². The van der Waals surface area contributed by atoms with Gasteiger partial charge in [-0.05, 0) is 42.5 Å². The summed E-state index contributed by atoms with van der Waals surface area (Å²) in [6.45, 7) is 0. The minimum absolute atomic E-state index is 0.236. The SMILES string of the molecule is O=C(Nc1cccnc1)c1ccc2[nH]c(-c3c(Cl)cccc3Cl)nc2c1. The Labute approximate surface area is 159 Å². The molecule has 4 aromatic rings. The number of aromatic nitrogens is 3. The zero-order valence-electron chi connectivity index (χ0n) is 13.3. The fourth-order valence-electron chi connectivity index (χ4n) is 2.63. The van der Waals surface area contributed by atoms with E-state index in [1.165, 1.54) is 0 Å². The Morgan fingerprint density at radius 3 is 2.58 bits per heavy atom. The van der Waals surface area contributed by atoms with Crippen molar-refractivity contribution < 1.29 is 4.79 Å². The van der Waals surface area contributed by atoms with Crippen LogP contribution in [0, 0.1) is 0 Å². The Kier molecular flexibility index (Phi) is 4.32. The van der Waals surface area contributed by atoms with E-state index in [1.807, 2.05) is 0 Å². The topological polar surface area (TPSA) is 70.7 Å². The Balaban J connectivity index is 1.69. The molecule has 4 rings (SSSR count). The molecule has 2 heterocycles. The maximum Gasteiger partial charge on any atom is 0.255 e. The molecule has 0 radical (unpaired) electrons. The van der Waals surface area contributed by atoms with Crippen molar-refractivity contribution in [1.82, 2.24) is 15.0 Å². The quantitative estimate of drug-likeness (QED) is 0.512. The Morgan fingerprint density at radius 1 is 1.04 bits per heavy atom. The number of pyridine rings is 1. The van der Waals surface area contributed by atoms with E-state index in [-0.39, 0.29) is 5.91 Å². The molecule has 0 saturated carbocycles. The second-order valence-electron chi connectivity index (χ2n) is 5.61. The maximum atomic E-state index is 12.4. The number of hydrogen-bond acceptors (Lipinski definition) is 3. The minimum Gasteiger partial charge on any atom is -0.338 e. The lowest BCUT2D eigenvalue weighted by Crippen LogP contribution is -2.11. The summed E-state index contributed by atoms with van der Waals surface area (Å²) in [5, 5.41) is 3.81. The van der Waals surface area contributed by atoms with Crippen molar-refractivity contribution in [2.75, 3.05) is 5.32 Å². The van der Waals surface area contributed by atoms with Gasteiger partial charge >= 0.3 is 0 Å². The Morgan fingerprint density at radius 2 is 1.85 bits per heavy atom. The van der Waals surface area contributed by atoms with E-state index in [2.05, 4.69) is 20.3 Å². The minimum atomic E-state index is -0.236. The number of imidazole rings is 1. The van der Waals surface area contributed by atoms with Crippen molar-refractivity contribution in [1.29, 1.82) is 0 Å². The van der Waals surface area contributed by atoms with E-state index in [4.69, 9.17) is 23.2 Å². The molecular weight excluding hydrogens is 371 g/mol. The van der Waals surface area contributed by atoms with Gasteiger partial charge in [0.1, 0.15) is 5.82 Å². The molecule has 7 heteroatoms. The van der Waals surface area contributed by atoms with Gasteiger partial charge in [-0.1, -0.05) is 29.3 Å². The number of fused-ring (bicyclic) bond motifs is 1. The van der Waals surface area contributed by atoms with Crippen molar-refractivity contribution in [2.24, 2.45) is 0 Å². The number of halogens is 2. The lowest BCUT2D eigenvalue weighted by molar-refractivity contribution is 0.102. The Hall–Kier alpha value is -2.89. The highest BCUT2D eigenvalue weighted by molar-refractivity contribution is 6.39. The van der Waals surface area contributed by atoms with Crippen molar-refractivity contribution >= 4 is 45.8 Å². The monoisotopic (exact) mass is 382 g/mol. The van der Waals surface area contributed by atoms with Crippen LogP contribution in [0.1, 0.15) is 10.4 Å². The Bertz CT molecular complexity index is 1090. The van der Waals surface area contributed by atoms with Crippen LogP contribution in [-0.2, 0) is 0 Å². The third kappa shape index (κ3) is 3.14. The van der Waals surface area contributed by atoms with Crippen LogP contribution >= 0.6 is 23.2 Å². The molecule has 2 N–H and O–H groups in total. The number of anilines is 1. The number of nitrogens with one attached hydrogen (secondary N) is 2. The number of H-pyrrole nitrogens is 1. The van der Waals surface area contributed by atoms with Gasteiger partial charge in [-0.2, -0.15) is 0 Å². The molecule has 128 valence electrons. The summed E-state index contributed by atoms with van der Waals surface area (Å²) in [5.41, 5.74) is 3.19. The van der Waals surface area contributed by atoms with Crippen LogP contribution in [0.3, 0.4) is 0 Å². The van der Waals surface area contributed by atoms with Crippen molar-refractivity contribution in [2.45, 2.75) is 0 Å². The molecule has 5 nitrogen and oxygen atoms in total. The summed E-state index contributed by atoms with van der Waals surface area (Å²) < 4.78 is 0. The van der Waals surface area contributed by atoms with E-state index >= 15 is 0 Å². The third-order valence-corrected chi connectivity index (χ3v) is 4.49. The molecule has 1 amide bonds. The number of nitrogens with zero attached hydrogens (tertiary/aromatic N) is 2. The summed E-state index contributed by atoms with van der Waals surface area (Å²) in [6.07, 6.45) is 3.23. The van der Waals surface area contributed by atoms with Gasteiger partial charge in [0.15, 0.2) is 0 Å². The second-order valence-corrected chi connectivity index (χ2v) is 6.42. The number of benzene rings is 2. The number of rotatable bonds is 3. The summed E-state index contributed by atoms with van der Waals surface area (Å²) in [7, 11) is 0. The number of carbonyl (C=O) groups excluding carboxylic acids is 1. The van der Waals surface area contributed by atoms with Gasteiger partial charge < -0.3 is 10.3 Å². The van der Waals surface area contributed by atoms with Gasteiger partial charge in [-0.25, -0.2) is 4.98 Å². The van der Waals surface area contributed by atoms with Crippen molar-refractivity contribution in [3.63, 3.8) is 0 Å². The van der Waals surface area contributed by atoms with Crippen LogP contribution in [0.25, 0.3) is 22.4 Å². The molecule has 0 fully saturated rings. The molecule has 0 aliphatic rings. The molecule has 0 atom stereocenters. The average molecular weight is 383 g/mol. The van der Waals surface area contributed by atoms with Crippen LogP contribution in [-0.4, -0.2) is 20.9 Å². The smallest absolute Gasteiger partial charge is 0.255 e. The normalized spacial score (nSPS) is 10.8. The third-order valence-electron chi connectivity index (χ3n) is 3.86. The molecular formula is C19H12Cl2N4O. The van der Waals surface area contributed by atoms with Crippen LogP contribution in [0.5, 0.6) is 0 Å². The maximum absolute atomic E-state index is 12.4. The fraction of sp³-hybridized carbons (Fsp3) is 0. The van der Waals surface area contributed by atoms with E-state index < -0.39 is 0 Å².